The molecule has 0 spiro atoms. The lowest BCUT2D eigenvalue weighted by atomic mass is 9.80. The molecule has 1 aromatic heterocycles. The Kier molecular flexibility index (Phi) is 5.28. The smallest absolute Gasteiger partial charge is 0.234 e. The third-order valence-electron chi connectivity index (χ3n) is 7.13. The van der Waals surface area contributed by atoms with Gasteiger partial charge in [-0.05, 0) is 71.3 Å². The molecule has 0 saturated carbocycles. The van der Waals surface area contributed by atoms with Crippen molar-refractivity contribution in [3.05, 3.63) is 95.1 Å². The average molecular weight is 446 g/mol. The Balaban J connectivity index is 1.99. The molecule has 2 heteroatoms. The molecule has 5 rings (SSSR count). The van der Waals surface area contributed by atoms with E-state index in [9.17, 15) is 0 Å². The van der Waals surface area contributed by atoms with Crippen LogP contribution in [0.25, 0.3) is 44.3 Å². The maximum Gasteiger partial charge on any atom is 0.239 e. The molecular formula is C32H33N2+. The number of fused-ring (bicyclic) bond motifs is 2. The molecule has 34 heavy (non-hydrogen) atoms. The van der Waals surface area contributed by atoms with Gasteiger partial charge in [0.15, 0.2) is 0 Å². The summed E-state index contributed by atoms with van der Waals surface area (Å²) in [6, 6.07) is 26.2. The summed E-state index contributed by atoms with van der Waals surface area (Å²) in [7, 11) is 2.18. The van der Waals surface area contributed by atoms with E-state index in [4.69, 9.17) is 4.98 Å². The lowest BCUT2D eigenvalue weighted by molar-refractivity contribution is -0.633. The summed E-state index contributed by atoms with van der Waals surface area (Å²) in [5.41, 5.74) is 12.0. The number of nitrogens with zero attached hydrogens (tertiary/aromatic N) is 2. The highest BCUT2D eigenvalue weighted by Crippen LogP contribution is 2.40. The van der Waals surface area contributed by atoms with Crippen molar-refractivity contribution in [1.82, 2.24) is 4.98 Å². The van der Waals surface area contributed by atoms with Crippen LogP contribution in [0, 0.1) is 20.8 Å². The summed E-state index contributed by atoms with van der Waals surface area (Å²) in [6.45, 7) is 13.6. The van der Waals surface area contributed by atoms with Crippen LogP contribution in [0.15, 0.2) is 72.8 Å². The summed E-state index contributed by atoms with van der Waals surface area (Å²) in [4.78, 5) is 5.30. The van der Waals surface area contributed by atoms with Crippen LogP contribution in [-0.2, 0) is 12.5 Å². The molecule has 0 aliphatic heterocycles. The number of hydrogen-bond donors (Lipinski definition) is 0. The molecule has 0 atom stereocenters. The highest BCUT2D eigenvalue weighted by Gasteiger charge is 2.29. The predicted octanol–water partition coefficient (Wildman–Crippen LogP) is 7.77. The largest absolute Gasteiger partial charge is 0.239 e. The van der Waals surface area contributed by atoms with Crippen LogP contribution in [0.2, 0.25) is 0 Å². The Morgan fingerprint density at radius 2 is 1.35 bits per heavy atom. The fourth-order valence-corrected chi connectivity index (χ4v) is 5.35. The third-order valence-corrected chi connectivity index (χ3v) is 7.13. The molecule has 0 bridgehead atoms. The minimum Gasteiger partial charge on any atom is -0.234 e. The number of rotatable bonds is 2. The summed E-state index contributed by atoms with van der Waals surface area (Å²) in [5.74, 6) is 0. The van der Waals surface area contributed by atoms with Gasteiger partial charge in [0.1, 0.15) is 18.3 Å². The number of aromatic nitrogens is 2. The lowest BCUT2D eigenvalue weighted by Gasteiger charge is -2.24. The molecule has 0 radical (unpaired) electrons. The van der Waals surface area contributed by atoms with Crippen LogP contribution < -0.4 is 4.57 Å². The van der Waals surface area contributed by atoms with Gasteiger partial charge in [-0.15, -0.1) is 0 Å². The zero-order valence-corrected chi connectivity index (χ0v) is 21.3. The van der Waals surface area contributed by atoms with Gasteiger partial charge in [0, 0.05) is 11.6 Å². The van der Waals surface area contributed by atoms with Crippen LogP contribution in [0.3, 0.4) is 0 Å². The first kappa shape index (κ1) is 22.3. The fourth-order valence-electron chi connectivity index (χ4n) is 5.35. The van der Waals surface area contributed by atoms with E-state index in [-0.39, 0.29) is 5.41 Å². The summed E-state index contributed by atoms with van der Waals surface area (Å²) in [5, 5.41) is 2.65. The standard InChI is InChI=1S/C32H33N2/c1-20-13-12-14-21(2)29(20)30-31(34(7)28-18-11-10-17-27(28)33-30)25-19-26(32(4,5)6)24-16-9-8-15-23(24)22(25)3/h8-19H,1-7H3/q+1. The predicted molar refractivity (Wildman–Crippen MR) is 144 cm³/mol. The fraction of sp³-hybridized carbons (Fsp3) is 0.250. The molecule has 1 heterocycles. The van der Waals surface area contributed by atoms with E-state index in [1.165, 1.54) is 49.8 Å². The molecule has 0 saturated heterocycles. The second-order valence-corrected chi connectivity index (χ2v) is 10.5. The average Bonchev–Trinajstić information content (AvgIpc) is 2.79. The molecule has 0 amide bonds. The highest BCUT2D eigenvalue weighted by atomic mass is 15.0. The van der Waals surface area contributed by atoms with E-state index < -0.39 is 0 Å². The van der Waals surface area contributed by atoms with Gasteiger partial charge < -0.3 is 0 Å². The van der Waals surface area contributed by atoms with Crippen LogP contribution >= 0.6 is 0 Å². The SMILES string of the molecule is Cc1cccc(C)c1-c1nc2ccccc2[n+](C)c1-c1cc(C(C)(C)C)c2ccccc2c1C. The van der Waals surface area contributed by atoms with Crippen molar-refractivity contribution in [1.29, 1.82) is 0 Å². The van der Waals surface area contributed by atoms with Gasteiger partial charge in [-0.25, -0.2) is 4.98 Å². The Morgan fingerprint density at radius 1 is 0.735 bits per heavy atom. The summed E-state index contributed by atoms with van der Waals surface area (Å²) in [6.07, 6.45) is 0. The molecule has 0 fully saturated rings. The zero-order chi connectivity index (χ0) is 24.2. The molecule has 0 aliphatic carbocycles. The van der Waals surface area contributed by atoms with Crippen LogP contribution in [0.5, 0.6) is 0 Å². The Bertz CT molecular complexity index is 1550. The van der Waals surface area contributed by atoms with Crippen molar-refractivity contribution >= 4 is 21.8 Å². The van der Waals surface area contributed by atoms with E-state index in [0.717, 1.165) is 16.7 Å². The van der Waals surface area contributed by atoms with Gasteiger partial charge in [-0.1, -0.05) is 75.4 Å². The number of benzene rings is 4. The second kappa shape index (κ2) is 8.06. The van der Waals surface area contributed by atoms with E-state index >= 15 is 0 Å². The first-order valence-corrected chi connectivity index (χ1v) is 12.1. The van der Waals surface area contributed by atoms with Crippen LogP contribution in [0.1, 0.15) is 43.0 Å². The first-order chi connectivity index (χ1) is 16.2. The number of aryl methyl sites for hydroxylation is 4. The topological polar surface area (TPSA) is 16.8 Å². The monoisotopic (exact) mass is 445 g/mol. The van der Waals surface area contributed by atoms with Gasteiger partial charge >= 0.3 is 0 Å². The van der Waals surface area contributed by atoms with Crippen LogP contribution in [0.4, 0.5) is 0 Å². The van der Waals surface area contributed by atoms with Crippen molar-refractivity contribution in [3.63, 3.8) is 0 Å². The van der Waals surface area contributed by atoms with Gasteiger partial charge in [-0.2, -0.15) is 4.57 Å². The van der Waals surface area contributed by atoms with Gasteiger partial charge in [0.2, 0.25) is 11.2 Å². The quantitative estimate of drug-likeness (QED) is 0.254. The molecule has 170 valence electrons. The van der Waals surface area contributed by atoms with Crippen molar-refractivity contribution in [2.45, 2.75) is 47.0 Å². The van der Waals surface area contributed by atoms with Gasteiger partial charge in [0.25, 0.3) is 0 Å². The molecule has 0 aliphatic rings. The Labute approximate surface area is 202 Å². The lowest BCUT2D eigenvalue weighted by Crippen LogP contribution is -2.34. The third kappa shape index (κ3) is 3.49. The molecule has 0 unspecified atom stereocenters. The van der Waals surface area contributed by atoms with Crippen molar-refractivity contribution < 1.29 is 4.57 Å². The molecule has 5 aromatic rings. The Hall–Kier alpha value is -3.52. The van der Waals surface area contributed by atoms with E-state index in [1.54, 1.807) is 0 Å². The van der Waals surface area contributed by atoms with Crippen molar-refractivity contribution in [3.8, 4) is 22.5 Å². The summed E-state index contributed by atoms with van der Waals surface area (Å²) >= 11 is 0. The van der Waals surface area contributed by atoms with Crippen molar-refractivity contribution in [2.75, 3.05) is 0 Å². The first-order valence-electron chi connectivity index (χ1n) is 12.1. The van der Waals surface area contributed by atoms with Crippen LogP contribution in [-0.4, -0.2) is 4.98 Å². The maximum absolute atomic E-state index is 5.30. The van der Waals surface area contributed by atoms with Gasteiger partial charge in [-0.3, -0.25) is 0 Å². The second-order valence-electron chi connectivity index (χ2n) is 10.5. The van der Waals surface area contributed by atoms with E-state index in [2.05, 4.69) is 126 Å². The highest BCUT2D eigenvalue weighted by molar-refractivity contribution is 5.96. The zero-order valence-electron chi connectivity index (χ0n) is 21.3. The Morgan fingerprint density at radius 3 is 2.03 bits per heavy atom. The number of hydrogen-bond acceptors (Lipinski definition) is 1. The number of para-hydroxylation sites is 2. The molecule has 2 nitrogen and oxygen atoms in total. The minimum absolute atomic E-state index is 0.0175. The normalized spacial score (nSPS) is 12.0. The van der Waals surface area contributed by atoms with E-state index in [0.29, 0.717) is 0 Å². The maximum atomic E-state index is 5.30. The van der Waals surface area contributed by atoms with E-state index in [1.807, 2.05) is 0 Å². The molecular weight excluding hydrogens is 412 g/mol. The minimum atomic E-state index is 0.0175. The van der Waals surface area contributed by atoms with Crippen molar-refractivity contribution in [2.24, 2.45) is 7.05 Å². The van der Waals surface area contributed by atoms with Gasteiger partial charge in [0.05, 0.1) is 5.56 Å². The molecule has 0 N–H and O–H groups in total. The summed E-state index contributed by atoms with van der Waals surface area (Å²) < 4.78 is 2.34. The molecule has 4 aromatic carbocycles.